The van der Waals surface area contributed by atoms with Crippen LogP contribution in [0.2, 0.25) is 0 Å². The van der Waals surface area contributed by atoms with Gasteiger partial charge in [-0.2, -0.15) is 0 Å². The van der Waals surface area contributed by atoms with Crippen molar-refractivity contribution in [2.75, 3.05) is 6.54 Å². The highest BCUT2D eigenvalue weighted by Gasteiger charge is 2.45. The van der Waals surface area contributed by atoms with Crippen molar-refractivity contribution in [3.63, 3.8) is 0 Å². The molecule has 40 heavy (non-hydrogen) atoms. The lowest BCUT2D eigenvalue weighted by Crippen LogP contribution is -2.53. The van der Waals surface area contributed by atoms with Gasteiger partial charge in [-0.15, -0.1) is 0 Å². The summed E-state index contributed by atoms with van der Waals surface area (Å²) >= 11 is 0. The molecular weight excluding hydrogens is 509 g/mol. The minimum atomic E-state index is -0.819. The maximum absolute atomic E-state index is 14.2. The summed E-state index contributed by atoms with van der Waals surface area (Å²) in [4.78, 5) is 24.4. The second-order valence-electron chi connectivity index (χ2n) is 10.5. The van der Waals surface area contributed by atoms with E-state index < -0.39 is 18.4 Å². The molecular formula is C33H38FNO5. The van der Waals surface area contributed by atoms with Gasteiger partial charge in [-0.25, -0.2) is 9.18 Å². The van der Waals surface area contributed by atoms with E-state index in [1.54, 1.807) is 30.3 Å². The molecule has 1 aliphatic heterocycles. The van der Waals surface area contributed by atoms with E-state index in [1.807, 2.05) is 30.3 Å². The van der Waals surface area contributed by atoms with Crippen molar-refractivity contribution in [1.82, 2.24) is 5.32 Å². The molecule has 6 nitrogen and oxygen atoms in total. The van der Waals surface area contributed by atoms with Crippen molar-refractivity contribution in [2.24, 2.45) is 11.8 Å². The van der Waals surface area contributed by atoms with Crippen LogP contribution >= 0.6 is 0 Å². The lowest BCUT2D eigenvalue weighted by molar-refractivity contribution is -0.238. The number of hydrogen-bond acceptors (Lipinski definition) is 5. The molecule has 212 valence electrons. The Balaban J connectivity index is 1.64. The topological polar surface area (TPSA) is 73.9 Å². The lowest BCUT2D eigenvalue weighted by Gasteiger charge is -2.43. The van der Waals surface area contributed by atoms with E-state index in [2.05, 4.69) is 26.1 Å². The van der Waals surface area contributed by atoms with Gasteiger partial charge in [0.15, 0.2) is 6.10 Å². The molecule has 0 aliphatic carbocycles. The van der Waals surface area contributed by atoms with Gasteiger partial charge in [0, 0.05) is 19.4 Å². The smallest absolute Gasteiger partial charge is 0.338 e. The zero-order chi connectivity index (χ0) is 28.6. The first kappa shape index (κ1) is 29.3. The number of carbonyl (C=O) groups is 2. The third kappa shape index (κ3) is 7.27. The van der Waals surface area contributed by atoms with Crippen LogP contribution in [0.15, 0.2) is 72.8 Å². The Morgan fingerprint density at radius 1 is 0.975 bits per heavy atom. The average Bonchev–Trinajstić information content (AvgIpc) is 2.94. The molecule has 0 bridgehead atoms. The molecule has 4 rings (SSSR count). The van der Waals surface area contributed by atoms with Crippen LogP contribution in [0.3, 0.4) is 0 Å². The molecule has 5 atom stereocenters. The van der Waals surface area contributed by atoms with Crippen molar-refractivity contribution >= 4 is 11.9 Å². The normalized spacial score (nSPS) is 22.4. The van der Waals surface area contributed by atoms with Crippen molar-refractivity contribution in [3.05, 3.63) is 89.7 Å². The van der Waals surface area contributed by atoms with E-state index in [4.69, 9.17) is 14.2 Å². The minimum absolute atomic E-state index is 0.0115. The Hall–Kier alpha value is -3.71. The number of benzene rings is 3. The summed E-state index contributed by atoms with van der Waals surface area (Å²) in [6, 6.07) is 20.9. The summed E-state index contributed by atoms with van der Waals surface area (Å²) in [7, 11) is 0. The number of esters is 1. The van der Waals surface area contributed by atoms with Crippen molar-refractivity contribution in [1.29, 1.82) is 0 Å². The molecule has 1 aliphatic rings. The third-order valence-electron chi connectivity index (χ3n) is 7.57. The molecule has 1 N–H and O–H groups in total. The van der Waals surface area contributed by atoms with Crippen LogP contribution in [0.4, 0.5) is 4.39 Å². The quantitative estimate of drug-likeness (QED) is 0.291. The summed E-state index contributed by atoms with van der Waals surface area (Å²) in [5, 5.41) is 2.81. The van der Waals surface area contributed by atoms with Crippen molar-refractivity contribution < 1.29 is 28.2 Å². The molecule has 0 spiro atoms. The van der Waals surface area contributed by atoms with Crippen LogP contribution in [-0.4, -0.2) is 36.9 Å². The van der Waals surface area contributed by atoms with Gasteiger partial charge in [0.25, 0.3) is 0 Å². The summed E-state index contributed by atoms with van der Waals surface area (Å²) in [5.74, 6) is -0.210. The first-order chi connectivity index (χ1) is 19.3. The first-order valence-electron chi connectivity index (χ1n) is 14.0. The molecule has 0 aromatic heterocycles. The van der Waals surface area contributed by atoms with Crippen LogP contribution in [0.1, 0.15) is 56.5 Å². The van der Waals surface area contributed by atoms with Crippen LogP contribution in [0, 0.1) is 17.7 Å². The van der Waals surface area contributed by atoms with Gasteiger partial charge < -0.3 is 19.5 Å². The van der Waals surface area contributed by atoms with E-state index in [0.717, 1.165) is 24.0 Å². The standard InChI is InChI=1S/C33H38FNO5/c1-5-10-30-21(2)22(3)31(40-32(37)25-11-7-6-8-12-25)33(39-30)38-28-16-15-24(17-18-35-23(4)36)29(20-28)26-13-9-14-27(34)19-26/h6-9,11-16,19-22,30-31,33H,5,10,17-18H2,1-4H3,(H,35,36)/t21-,22-,30-,31-,33?/m1/s1. The summed E-state index contributed by atoms with van der Waals surface area (Å²) < 4.78 is 33.1. The second-order valence-corrected chi connectivity index (χ2v) is 10.5. The van der Waals surface area contributed by atoms with Crippen LogP contribution in [0.25, 0.3) is 11.1 Å². The Morgan fingerprint density at radius 2 is 1.75 bits per heavy atom. The Bertz CT molecular complexity index is 1300. The molecule has 1 fully saturated rings. The van der Waals surface area contributed by atoms with Gasteiger partial charge in [-0.3, -0.25) is 4.79 Å². The van der Waals surface area contributed by atoms with Crippen molar-refractivity contribution in [2.45, 2.75) is 65.5 Å². The molecule has 7 heteroatoms. The van der Waals surface area contributed by atoms with Gasteiger partial charge >= 0.3 is 5.97 Å². The SMILES string of the molecule is CCC[C@H]1OC(Oc2ccc(CCNC(C)=O)c(-c3cccc(F)c3)c2)[C@H](OC(=O)c2ccccc2)[C@H](C)[C@H]1C. The summed E-state index contributed by atoms with van der Waals surface area (Å²) in [5.41, 5.74) is 2.90. The summed E-state index contributed by atoms with van der Waals surface area (Å²) in [6.45, 7) is 8.23. The Labute approximate surface area is 235 Å². The largest absolute Gasteiger partial charge is 0.461 e. The second kappa shape index (κ2) is 13.6. The highest BCUT2D eigenvalue weighted by Crippen LogP contribution is 2.37. The number of rotatable bonds is 10. The highest BCUT2D eigenvalue weighted by atomic mass is 19.1. The molecule has 1 amide bonds. The number of amides is 1. The molecule has 1 saturated heterocycles. The molecule has 0 radical (unpaired) electrons. The van der Waals surface area contributed by atoms with E-state index in [1.165, 1.54) is 19.1 Å². The maximum Gasteiger partial charge on any atom is 0.338 e. The highest BCUT2D eigenvalue weighted by molar-refractivity contribution is 5.89. The van der Waals surface area contributed by atoms with Crippen molar-refractivity contribution in [3.8, 4) is 16.9 Å². The molecule has 0 saturated carbocycles. The average molecular weight is 548 g/mol. The zero-order valence-electron chi connectivity index (χ0n) is 23.6. The maximum atomic E-state index is 14.2. The number of halogens is 1. The van der Waals surface area contributed by atoms with Crippen LogP contribution < -0.4 is 10.1 Å². The predicted octanol–water partition coefficient (Wildman–Crippen LogP) is 6.57. The monoisotopic (exact) mass is 547 g/mol. The minimum Gasteiger partial charge on any atom is -0.461 e. The molecule has 1 unspecified atom stereocenters. The van der Waals surface area contributed by atoms with Gasteiger partial charge in [-0.1, -0.05) is 63.6 Å². The summed E-state index contributed by atoms with van der Waals surface area (Å²) in [6.07, 6.45) is 0.887. The van der Waals surface area contributed by atoms with E-state index in [0.29, 0.717) is 29.8 Å². The van der Waals surface area contributed by atoms with Crippen LogP contribution in [0.5, 0.6) is 5.75 Å². The van der Waals surface area contributed by atoms with Gasteiger partial charge in [0.05, 0.1) is 11.7 Å². The molecule has 3 aromatic carbocycles. The van der Waals surface area contributed by atoms with E-state index >= 15 is 0 Å². The number of nitrogens with one attached hydrogen (secondary N) is 1. The lowest BCUT2D eigenvalue weighted by atomic mass is 9.82. The fourth-order valence-electron chi connectivity index (χ4n) is 5.18. The molecule has 3 aromatic rings. The predicted molar refractivity (Wildman–Crippen MR) is 152 cm³/mol. The number of ether oxygens (including phenoxy) is 3. The Morgan fingerprint density at radius 3 is 2.45 bits per heavy atom. The molecule has 1 heterocycles. The van der Waals surface area contributed by atoms with Gasteiger partial charge in [-0.05, 0) is 71.8 Å². The Kier molecular flexibility index (Phi) is 9.93. The van der Waals surface area contributed by atoms with E-state index in [-0.39, 0.29) is 29.7 Å². The number of carbonyl (C=O) groups excluding carboxylic acids is 2. The van der Waals surface area contributed by atoms with Crippen LogP contribution in [-0.2, 0) is 20.7 Å². The fraction of sp³-hybridized carbons (Fsp3) is 0.394. The van der Waals surface area contributed by atoms with E-state index in [9.17, 15) is 14.0 Å². The fourth-order valence-corrected chi connectivity index (χ4v) is 5.18. The first-order valence-corrected chi connectivity index (χ1v) is 14.0. The third-order valence-corrected chi connectivity index (χ3v) is 7.57. The number of hydrogen-bond donors (Lipinski definition) is 1. The van der Waals surface area contributed by atoms with Gasteiger partial charge in [0.2, 0.25) is 12.2 Å². The van der Waals surface area contributed by atoms with Gasteiger partial charge in [0.1, 0.15) is 11.6 Å². The zero-order valence-corrected chi connectivity index (χ0v) is 23.6.